The highest BCUT2D eigenvalue weighted by molar-refractivity contribution is 7.90. The van der Waals surface area contributed by atoms with Crippen LogP contribution in [0.5, 0.6) is 0 Å². The summed E-state index contributed by atoms with van der Waals surface area (Å²) in [5.74, 6) is 1.27. The average Bonchev–Trinajstić information content (AvgIpc) is 3.52. The molecular formula is C28H29N7O3S. The standard InChI is InChI=1S/C28H29N7O3S/c1-17-5-7-21(8-6-17)39(36,37)35-12-10-23-22(9-11-29-28(23)35)27-30-24(26-19(3)32-33-20(26)4)15-25(31-27)34-13-14-38-16-18(34)2/h5-12,15,18H,13-14,16H2,1-4H3,(H,32,33)/t18-/m1/s1. The lowest BCUT2D eigenvalue weighted by atomic mass is 10.1. The predicted octanol–water partition coefficient (Wildman–Crippen LogP) is 4.27. The zero-order valence-electron chi connectivity index (χ0n) is 22.2. The number of pyridine rings is 1. The van der Waals surface area contributed by atoms with E-state index in [1.165, 1.54) is 10.2 Å². The molecule has 1 aliphatic heterocycles. The molecule has 11 heteroatoms. The molecule has 39 heavy (non-hydrogen) atoms. The van der Waals surface area contributed by atoms with Crippen molar-refractivity contribution in [3.05, 3.63) is 71.8 Å². The number of rotatable bonds is 5. The van der Waals surface area contributed by atoms with Gasteiger partial charge in [0, 0.05) is 47.2 Å². The van der Waals surface area contributed by atoms with Crippen molar-refractivity contribution in [2.45, 2.75) is 38.6 Å². The summed E-state index contributed by atoms with van der Waals surface area (Å²) in [6.07, 6.45) is 3.13. The molecule has 0 spiro atoms. The van der Waals surface area contributed by atoms with Crippen molar-refractivity contribution in [2.75, 3.05) is 24.7 Å². The number of fused-ring (bicyclic) bond motifs is 1. The van der Waals surface area contributed by atoms with Gasteiger partial charge in [-0.2, -0.15) is 5.10 Å². The number of hydrogen-bond donors (Lipinski definition) is 1. The third kappa shape index (κ3) is 4.37. The van der Waals surface area contributed by atoms with Crippen molar-refractivity contribution >= 4 is 26.9 Å². The molecule has 1 saturated heterocycles. The number of nitrogens with zero attached hydrogens (tertiary/aromatic N) is 6. The summed E-state index contributed by atoms with van der Waals surface area (Å²) in [4.78, 5) is 16.8. The van der Waals surface area contributed by atoms with E-state index >= 15 is 0 Å². The highest BCUT2D eigenvalue weighted by atomic mass is 32.2. The quantitative estimate of drug-likeness (QED) is 0.349. The summed E-state index contributed by atoms with van der Waals surface area (Å²) >= 11 is 0. The summed E-state index contributed by atoms with van der Waals surface area (Å²) in [5, 5.41) is 8.06. The molecule has 6 rings (SSSR count). The number of aromatic nitrogens is 6. The lowest BCUT2D eigenvalue weighted by Gasteiger charge is -2.34. The maximum Gasteiger partial charge on any atom is 0.269 e. The number of morpholine rings is 1. The smallest absolute Gasteiger partial charge is 0.269 e. The Kier molecular flexibility index (Phi) is 6.19. The number of hydrogen-bond acceptors (Lipinski definition) is 8. The van der Waals surface area contributed by atoms with Crippen LogP contribution in [0, 0.1) is 20.8 Å². The second-order valence-corrected chi connectivity index (χ2v) is 11.7. The fraction of sp³-hybridized carbons (Fsp3) is 0.286. The van der Waals surface area contributed by atoms with Gasteiger partial charge in [-0.15, -0.1) is 0 Å². The average molecular weight is 544 g/mol. The third-order valence-corrected chi connectivity index (χ3v) is 8.81. The molecule has 5 aromatic rings. The van der Waals surface area contributed by atoms with Crippen LogP contribution in [0.15, 0.2) is 59.8 Å². The summed E-state index contributed by atoms with van der Waals surface area (Å²) in [6, 6.07) is 12.5. The van der Waals surface area contributed by atoms with Crippen molar-refractivity contribution in [3.8, 4) is 22.6 Å². The largest absolute Gasteiger partial charge is 0.377 e. The van der Waals surface area contributed by atoms with Gasteiger partial charge in [-0.25, -0.2) is 27.3 Å². The van der Waals surface area contributed by atoms with Gasteiger partial charge in [-0.3, -0.25) is 5.10 Å². The first-order valence-corrected chi connectivity index (χ1v) is 14.2. The second-order valence-electron chi connectivity index (χ2n) is 9.89. The van der Waals surface area contributed by atoms with Gasteiger partial charge in [0.15, 0.2) is 11.5 Å². The Morgan fingerprint density at radius 1 is 1.05 bits per heavy atom. The number of aromatic amines is 1. The molecule has 5 heterocycles. The Bertz CT molecular complexity index is 1770. The second kappa shape index (κ2) is 9.58. The minimum Gasteiger partial charge on any atom is -0.377 e. The van der Waals surface area contributed by atoms with Crippen LogP contribution < -0.4 is 4.90 Å². The van der Waals surface area contributed by atoms with E-state index in [1.807, 2.05) is 32.9 Å². The molecule has 0 amide bonds. The topological polar surface area (TPSA) is 119 Å². The molecule has 0 bridgehead atoms. The molecule has 1 N–H and O–H groups in total. The van der Waals surface area contributed by atoms with Gasteiger partial charge in [0.1, 0.15) is 5.82 Å². The molecule has 1 aromatic carbocycles. The van der Waals surface area contributed by atoms with Gasteiger partial charge in [-0.05, 0) is 52.0 Å². The zero-order valence-corrected chi connectivity index (χ0v) is 23.0. The van der Waals surface area contributed by atoms with E-state index < -0.39 is 10.0 Å². The summed E-state index contributed by atoms with van der Waals surface area (Å²) < 4.78 is 33.9. The van der Waals surface area contributed by atoms with Crippen LogP contribution in [-0.4, -0.2) is 63.3 Å². The van der Waals surface area contributed by atoms with Gasteiger partial charge in [0.25, 0.3) is 10.0 Å². The highest BCUT2D eigenvalue weighted by Gasteiger charge is 2.25. The minimum absolute atomic E-state index is 0.138. The van der Waals surface area contributed by atoms with E-state index in [-0.39, 0.29) is 10.9 Å². The first-order chi connectivity index (χ1) is 18.7. The van der Waals surface area contributed by atoms with Crippen molar-refractivity contribution < 1.29 is 13.2 Å². The van der Waals surface area contributed by atoms with Crippen molar-refractivity contribution in [3.63, 3.8) is 0 Å². The van der Waals surface area contributed by atoms with Crippen molar-refractivity contribution in [1.82, 2.24) is 29.1 Å². The Morgan fingerprint density at radius 3 is 2.56 bits per heavy atom. The number of aryl methyl sites for hydroxylation is 3. The molecule has 4 aromatic heterocycles. The van der Waals surface area contributed by atoms with Gasteiger partial charge in [0.05, 0.1) is 35.5 Å². The van der Waals surface area contributed by atoms with Crippen LogP contribution in [0.1, 0.15) is 23.9 Å². The predicted molar refractivity (Wildman–Crippen MR) is 149 cm³/mol. The maximum atomic E-state index is 13.5. The number of anilines is 1. The fourth-order valence-corrected chi connectivity index (χ4v) is 6.35. The fourth-order valence-electron chi connectivity index (χ4n) is 5.05. The van der Waals surface area contributed by atoms with Crippen LogP contribution in [0.4, 0.5) is 5.82 Å². The number of H-pyrrole nitrogens is 1. The Labute approximate surface area is 226 Å². The van der Waals surface area contributed by atoms with Gasteiger partial charge < -0.3 is 9.64 Å². The van der Waals surface area contributed by atoms with Gasteiger partial charge in [0.2, 0.25) is 0 Å². The van der Waals surface area contributed by atoms with E-state index in [9.17, 15) is 8.42 Å². The van der Waals surface area contributed by atoms with E-state index in [4.69, 9.17) is 14.7 Å². The van der Waals surface area contributed by atoms with Gasteiger partial charge >= 0.3 is 0 Å². The van der Waals surface area contributed by atoms with E-state index in [0.29, 0.717) is 42.2 Å². The third-order valence-electron chi connectivity index (χ3n) is 7.13. The van der Waals surface area contributed by atoms with Crippen LogP contribution >= 0.6 is 0 Å². The molecule has 200 valence electrons. The minimum atomic E-state index is -3.85. The first-order valence-electron chi connectivity index (χ1n) is 12.8. The van der Waals surface area contributed by atoms with Crippen LogP contribution in [-0.2, 0) is 14.8 Å². The Morgan fingerprint density at radius 2 is 1.85 bits per heavy atom. The SMILES string of the molecule is Cc1ccc(S(=O)(=O)n2ccc3c(-c4nc(-c5c(C)n[nH]c5C)cc(N5CCOC[C@H]5C)n4)ccnc32)cc1. The summed E-state index contributed by atoms with van der Waals surface area (Å²) in [7, 11) is -3.85. The summed E-state index contributed by atoms with van der Waals surface area (Å²) in [6.45, 7) is 9.86. The molecule has 0 radical (unpaired) electrons. The molecule has 0 unspecified atom stereocenters. The number of ether oxygens (including phenoxy) is 1. The highest BCUT2D eigenvalue weighted by Crippen LogP contribution is 2.33. The molecule has 0 aliphatic carbocycles. The number of benzene rings is 1. The molecule has 10 nitrogen and oxygen atoms in total. The Hall–Kier alpha value is -4.09. The monoisotopic (exact) mass is 543 g/mol. The lowest BCUT2D eigenvalue weighted by molar-refractivity contribution is 0.0985. The Balaban J connectivity index is 1.53. The molecule has 1 fully saturated rings. The van der Waals surface area contributed by atoms with Gasteiger partial charge in [-0.1, -0.05) is 17.7 Å². The van der Waals surface area contributed by atoms with E-state index in [0.717, 1.165) is 34.0 Å². The van der Waals surface area contributed by atoms with Crippen molar-refractivity contribution in [1.29, 1.82) is 0 Å². The summed E-state index contributed by atoms with van der Waals surface area (Å²) in [5.41, 5.74) is 5.42. The number of nitrogens with one attached hydrogen (secondary N) is 1. The van der Waals surface area contributed by atoms with Crippen LogP contribution in [0.2, 0.25) is 0 Å². The van der Waals surface area contributed by atoms with E-state index in [1.54, 1.807) is 36.5 Å². The normalized spacial score (nSPS) is 16.2. The molecule has 1 aliphatic rings. The van der Waals surface area contributed by atoms with E-state index in [2.05, 4.69) is 27.0 Å². The lowest BCUT2D eigenvalue weighted by Crippen LogP contribution is -2.44. The first kappa shape index (κ1) is 25.2. The maximum absolute atomic E-state index is 13.5. The van der Waals surface area contributed by atoms with Crippen LogP contribution in [0.25, 0.3) is 33.7 Å². The van der Waals surface area contributed by atoms with Crippen LogP contribution in [0.3, 0.4) is 0 Å². The molecular weight excluding hydrogens is 514 g/mol. The van der Waals surface area contributed by atoms with Crippen molar-refractivity contribution in [2.24, 2.45) is 0 Å². The molecule has 0 saturated carbocycles. The molecule has 1 atom stereocenters. The zero-order chi connectivity index (χ0) is 27.3.